The average molecular weight is 569 g/mol. The zero-order valence-corrected chi connectivity index (χ0v) is 21.3. The summed E-state index contributed by atoms with van der Waals surface area (Å²) in [6.45, 7) is -0.124. The number of hydrogen-bond donors (Lipinski definition) is 3. The number of aromatic nitrogens is 5. The lowest BCUT2D eigenvalue weighted by Crippen LogP contribution is -2.25. The fourth-order valence-electron chi connectivity index (χ4n) is 4.14. The van der Waals surface area contributed by atoms with Crippen molar-refractivity contribution in [1.29, 1.82) is 0 Å². The van der Waals surface area contributed by atoms with Gasteiger partial charge in [-0.25, -0.2) is 28.4 Å². The van der Waals surface area contributed by atoms with Crippen LogP contribution in [0.2, 0.25) is 0 Å². The van der Waals surface area contributed by atoms with Crippen molar-refractivity contribution in [3.63, 3.8) is 0 Å². The molecule has 0 unspecified atom stereocenters. The van der Waals surface area contributed by atoms with Crippen molar-refractivity contribution in [3.05, 3.63) is 94.9 Å². The normalized spacial score (nSPS) is 11.6. The van der Waals surface area contributed by atoms with E-state index in [0.717, 1.165) is 23.3 Å². The molecule has 0 spiro atoms. The Morgan fingerprint density at radius 2 is 1.68 bits per heavy atom. The minimum absolute atomic E-state index is 0.0921. The number of nitrogens with one attached hydrogen (secondary N) is 2. The zero-order valence-electron chi connectivity index (χ0n) is 21.3. The first kappa shape index (κ1) is 27.4. The molecular weight excluding hydrogens is 547 g/mol. The number of hydrogen-bond acceptors (Lipinski definition) is 7. The molecule has 0 saturated carbocycles. The number of nitrogen functional groups attached to an aromatic ring is 1. The van der Waals surface area contributed by atoms with E-state index in [9.17, 15) is 26.7 Å². The molecule has 1 amide bonds. The van der Waals surface area contributed by atoms with Gasteiger partial charge in [0.25, 0.3) is 5.91 Å². The van der Waals surface area contributed by atoms with Gasteiger partial charge in [-0.15, -0.1) is 0 Å². The summed E-state index contributed by atoms with van der Waals surface area (Å²) in [7, 11) is 1.74. The molecule has 41 heavy (non-hydrogen) atoms. The highest BCUT2D eigenvalue weighted by molar-refractivity contribution is 5.99. The van der Waals surface area contributed by atoms with E-state index in [1.54, 1.807) is 36.0 Å². The van der Waals surface area contributed by atoms with Crippen molar-refractivity contribution < 1.29 is 26.7 Å². The van der Waals surface area contributed by atoms with E-state index in [2.05, 4.69) is 30.7 Å². The van der Waals surface area contributed by atoms with Crippen LogP contribution in [0.25, 0.3) is 22.3 Å². The first-order valence-electron chi connectivity index (χ1n) is 12.1. The molecule has 9 nitrogen and oxygen atoms in total. The topological polar surface area (TPSA) is 124 Å². The Balaban J connectivity index is 1.35. The number of carbonyl (C=O) groups is 1. The first-order chi connectivity index (χ1) is 19.5. The second-order valence-electron chi connectivity index (χ2n) is 9.03. The Labute approximate surface area is 229 Å². The van der Waals surface area contributed by atoms with Crippen molar-refractivity contribution in [2.45, 2.75) is 19.3 Å². The van der Waals surface area contributed by atoms with Crippen molar-refractivity contribution >= 4 is 28.6 Å². The summed E-state index contributed by atoms with van der Waals surface area (Å²) in [6.07, 6.45) is -2.76. The third-order valence-electron chi connectivity index (χ3n) is 6.23. The van der Waals surface area contributed by atoms with Crippen molar-refractivity contribution in [1.82, 2.24) is 30.0 Å². The second kappa shape index (κ2) is 10.8. The Kier molecular flexibility index (Phi) is 7.22. The highest BCUT2D eigenvalue weighted by Crippen LogP contribution is 2.32. The number of benzene rings is 2. The number of rotatable bonds is 7. The van der Waals surface area contributed by atoms with Crippen LogP contribution in [-0.2, 0) is 26.3 Å². The smallest absolute Gasteiger partial charge is 0.383 e. The Hall–Kier alpha value is -5.14. The van der Waals surface area contributed by atoms with Gasteiger partial charge in [0.05, 0.1) is 16.5 Å². The third-order valence-corrected chi connectivity index (χ3v) is 6.23. The molecular formula is C27H21F5N8O. The third kappa shape index (κ3) is 5.76. The highest BCUT2D eigenvalue weighted by Gasteiger charge is 2.32. The molecule has 0 fully saturated rings. The molecule has 0 saturated heterocycles. The maximum Gasteiger partial charge on any atom is 0.417 e. The molecule has 3 aromatic heterocycles. The number of anilines is 2. The number of halogens is 5. The van der Waals surface area contributed by atoms with Crippen LogP contribution in [0.3, 0.4) is 0 Å². The van der Waals surface area contributed by atoms with E-state index in [0.29, 0.717) is 29.0 Å². The average Bonchev–Trinajstić information content (AvgIpc) is 3.29. The molecule has 2 aromatic carbocycles. The van der Waals surface area contributed by atoms with Crippen LogP contribution in [0.5, 0.6) is 0 Å². The van der Waals surface area contributed by atoms with E-state index in [-0.39, 0.29) is 35.9 Å². The standard InChI is InChI=1S/C27H21F5N8O/c1-40-25-21(23(33)37-13-38-25)22(39-40)16-5-2-14(3-6-16)10-34-24-18(9-17(12-35-24)27(30,31)32)26(41)36-11-15-4-7-19(28)20(29)8-15/h2-9,12-13H,10-11H2,1H3,(H,34,35)(H,36,41)(H2,33,37,38). The van der Waals surface area contributed by atoms with Gasteiger partial charge in [0.2, 0.25) is 0 Å². The minimum Gasteiger partial charge on any atom is -0.383 e. The molecule has 4 N–H and O–H groups in total. The molecule has 0 aliphatic heterocycles. The first-order valence-corrected chi connectivity index (χ1v) is 12.1. The number of amides is 1. The molecule has 5 rings (SSSR count). The Bertz CT molecular complexity index is 1750. The van der Waals surface area contributed by atoms with E-state index >= 15 is 0 Å². The van der Waals surface area contributed by atoms with E-state index in [1.165, 1.54) is 12.4 Å². The molecule has 0 atom stereocenters. The number of carbonyl (C=O) groups excluding carboxylic acids is 1. The number of nitrogens with zero attached hydrogens (tertiary/aromatic N) is 5. The SMILES string of the molecule is Cn1nc(-c2ccc(CNc3ncc(C(F)(F)F)cc3C(=O)NCc3ccc(F)c(F)c3)cc2)c2c(N)ncnc21. The zero-order chi connectivity index (χ0) is 29.3. The number of aryl methyl sites for hydroxylation is 1. The summed E-state index contributed by atoms with van der Waals surface area (Å²) in [5.74, 6) is -2.86. The van der Waals surface area contributed by atoms with Gasteiger partial charge in [-0.2, -0.15) is 18.3 Å². The lowest BCUT2D eigenvalue weighted by atomic mass is 10.1. The van der Waals surface area contributed by atoms with Gasteiger partial charge in [-0.3, -0.25) is 4.79 Å². The highest BCUT2D eigenvalue weighted by atomic mass is 19.4. The quantitative estimate of drug-likeness (QED) is 0.240. The number of nitrogens with two attached hydrogens (primary N) is 1. The van der Waals surface area contributed by atoms with Crippen LogP contribution >= 0.6 is 0 Å². The monoisotopic (exact) mass is 568 g/mol. The summed E-state index contributed by atoms with van der Waals surface area (Å²) in [5.41, 5.74) is 7.41. The summed E-state index contributed by atoms with van der Waals surface area (Å²) in [5, 5.41) is 10.4. The molecule has 0 radical (unpaired) electrons. The van der Waals surface area contributed by atoms with Gasteiger partial charge in [0.1, 0.15) is 23.7 Å². The maximum atomic E-state index is 13.5. The Morgan fingerprint density at radius 1 is 0.951 bits per heavy atom. The molecule has 0 bridgehead atoms. The lowest BCUT2D eigenvalue weighted by Gasteiger charge is -2.14. The van der Waals surface area contributed by atoms with Gasteiger partial charge in [0, 0.05) is 31.9 Å². The molecule has 14 heteroatoms. The summed E-state index contributed by atoms with van der Waals surface area (Å²) in [6, 6.07) is 10.8. The van der Waals surface area contributed by atoms with Gasteiger partial charge in [-0.05, 0) is 29.3 Å². The van der Waals surface area contributed by atoms with Gasteiger partial charge >= 0.3 is 6.18 Å². The van der Waals surface area contributed by atoms with Gasteiger partial charge in [0.15, 0.2) is 17.3 Å². The molecule has 0 aliphatic rings. The maximum absolute atomic E-state index is 13.5. The van der Waals surface area contributed by atoms with Gasteiger partial charge in [-0.1, -0.05) is 30.3 Å². The molecule has 3 heterocycles. The number of fused-ring (bicyclic) bond motifs is 1. The summed E-state index contributed by atoms with van der Waals surface area (Å²) >= 11 is 0. The van der Waals surface area contributed by atoms with E-state index in [4.69, 9.17) is 5.73 Å². The van der Waals surface area contributed by atoms with Crippen LogP contribution in [-0.4, -0.2) is 30.6 Å². The molecule has 210 valence electrons. The van der Waals surface area contributed by atoms with Crippen LogP contribution < -0.4 is 16.4 Å². The Morgan fingerprint density at radius 3 is 2.39 bits per heavy atom. The lowest BCUT2D eigenvalue weighted by molar-refractivity contribution is -0.137. The van der Waals surface area contributed by atoms with Crippen molar-refractivity contribution in [3.8, 4) is 11.3 Å². The fourth-order valence-corrected chi connectivity index (χ4v) is 4.14. The van der Waals surface area contributed by atoms with Crippen LogP contribution in [0.15, 0.2) is 61.1 Å². The van der Waals surface area contributed by atoms with Gasteiger partial charge < -0.3 is 16.4 Å². The summed E-state index contributed by atoms with van der Waals surface area (Å²) < 4.78 is 68.3. The molecule has 5 aromatic rings. The second-order valence-corrected chi connectivity index (χ2v) is 9.03. The largest absolute Gasteiger partial charge is 0.417 e. The van der Waals surface area contributed by atoms with E-state index in [1.807, 2.05) is 0 Å². The number of pyridine rings is 1. The van der Waals surface area contributed by atoms with Crippen molar-refractivity contribution in [2.75, 3.05) is 11.1 Å². The fraction of sp³-hybridized carbons (Fsp3) is 0.148. The number of alkyl halides is 3. The van der Waals surface area contributed by atoms with Crippen LogP contribution in [0.4, 0.5) is 33.6 Å². The predicted molar refractivity (Wildman–Crippen MR) is 140 cm³/mol. The summed E-state index contributed by atoms with van der Waals surface area (Å²) in [4.78, 5) is 24.9. The predicted octanol–water partition coefficient (Wildman–Crippen LogP) is 4.85. The molecule has 0 aliphatic carbocycles. The minimum atomic E-state index is -4.74. The van der Waals surface area contributed by atoms with Crippen molar-refractivity contribution in [2.24, 2.45) is 7.05 Å². The van der Waals surface area contributed by atoms with Crippen LogP contribution in [0, 0.1) is 11.6 Å². The van der Waals surface area contributed by atoms with E-state index < -0.39 is 29.3 Å². The van der Waals surface area contributed by atoms with Crippen LogP contribution in [0.1, 0.15) is 27.0 Å².